The minimum atomic E-state index is -1.82. The van der Waals surface area contributed by atoms with Gasteiger partial charge in [-0.15, -0.1) is 22.7 Å². The molecule has 0 radical (unpaired) electrons. The molecule has 4 rings (SSSR count). The smallest absolute Gasteiger partial charge is 0.271 e. The van der Waals surface area contributed by atoms with Crippen LogP contribution in [0, 0.1) is 12.8 Å². The van der Waals surface area contributed by atoms with Crippen molar-refractivity contribution < 1.29 is 48.9 Å². The number of amides is 7. The fourth-order valence-corrected chi connectivity index (χ4v) is 9.48. The van der Waals surface area contributed by atoms with E-state index in [1.807, 2.05) is 0 Å². The zero-order chi connectivity index (χ0) is 53.6. The third-order valence-corrected chi connectivity index (χ3v) is 14.2. The number of anilines is 1. The Morgan fingerprint density at radius 1 is 0.889 bits per heavy atom. The van der Waals surface area contributed by atoms with E-state index in [1.54, 1.807) is 5.38 Å². The van der Waals surface area contributed by atoms with E-state index in [2.05, 4.69) is 74.3 Å². The lowest BCUT2D eigenvalue weighted by Gasteiger charge is -2.30. The third-order valence-electron chi connectivity index (χ3n) is 10.9. The molecule has 0 aliphatic rings. The fraction of sp³-hybridized carbons (Fsp3) is 0.524. The van der Waals surface area contributed by atoms with E-state index < -0.39 is 96.3 Å². The van der Waals surface area contributed by atoms with Gasteiger partial charge in [-0.2, -0.15) is 0 Å². The Hall–Kier alpha value is -5.92. The highest BCUT2D eigenvalue weighted by atomic mass is 35.5. The summed E-state index contributed by atoms with van der Waals surface area (Å²) in [6.07, 6.45) is 2.52. The van der Waals surface area contributed by atoms with E-state index in [0.29, 0.717) is 26.6 Å². The van der Waals surface area contributed by atoms with Gasteiger partial charge in [0, 0.05) is 49.8 Å². The van der Waals surface area contributed by atoms with Gasteiger partial charge in [0.1, 0.15) is 62.0 Å². The summed E-state index contributed by atoms with van der Waals surface area (Å²) in [5.74, 6) is -6.39. The molecule has 9 atom stereocenters. The van der Waals surface area contributed by atoms with Crippen LogP contribution in [0.5, 0.6) is 0 Å². The molecule has 4 aromatic heterocycles. The molecule has 394 valence electrons. The molecule has 0 fully saturated rings. The third kappa shape index (κ3) is 16.6. The highest BCUT2D eigenvalue weighted by Gasteiger charge is 2.37. The number of thiazole rings is 2. The number of imidazole rings is 1. The van der Waals surface area contributed by atoms with Gasteiger partial charge < -0.3 is 75.1 Å². The number of nitrogens with one attached hydrogen (secondary N) is 7. The van der Waals surface area contributed by atoms with Crippen LogP contribution in [0.15, 0.2) is 17.9 Å². The largest absolute Gasteiger partial charge is 0.391 e. The fourth-order valence-electron chi connectivity index (χ4n) is 6.66. The van der Waals surface area contributed by atoms with Crippen LogP contribution in [-0.4, -0.2) is 161 Å². The van der Waals surface area contributed by atoms with Crippen molar-refractivity contribution in [1.29, 1.82) is 0 Å². The maximum absolute atomic E-state index is 13.9. The molecule has 0 saturated heterocycles. The van der Waals surface area contributed by atoms with E-state index in [1.165, 1.54) is 51.6 Å². The number of aromatic nitrogens is 6. The summed E-state index contributed by atoms with van der Waals surface area (Å²) in [4.78, 5) is 115. The molecular weight excluding hydrogens is 1020 g/mol. The first-order valence-corrected chi connectivity index (χ1v) is 26.5. The molecule has 0 aromatic carbocycles. The van der Waals surface area contributed by atoms with Crippen LogP contribution in [0.4, 0.5) is 5.82 Å². The van der Waals surface area contributed by atoms with Gasteiger partial charge >= 0.3 is 0 Å². The lowest BCUT2D eigenvalue weighted by atomic mass is 9.96. The van der Waals surface area contributed by atoms with E-state index in [9.17, 15) is 48.9 Å². The van der Waals surface area contributed by atoms with Crippen molar-refractivity contribution >= 4 is 92.3 Å². The number of nitrogens with zero attached hydrogens (tertiary/aromatic N) is 5. The number of hydrogen-bond donors (Lipinski definition) is 14. The molecule has 18 N–H and O–H groups in total. The lowest BCUT2D eigenvalue weighted by molar-refractivity contribution is -0.136. The second-order valence-corrected chi connectivity index (χ2v) is 21.8. The van der Waals surface area contributed by atoms with E-state index in [4.69, 9.17) is 34.5 Å². The van der Waals surface area contributed by atoms with Crippen molar-refractivity contribution in [2.24, 2.45) is 23.1 Å². The Bertz CT molecular complexity index is 2530. The lowest BCUT2D eigenvalue weighted by Crippen LogP contribution is -2.57. The average Bonchev–Trinajstić information content (AvgIpc) is 4.12. The summed E-state index contributed by atoms with van der Waals surface area (Å²) in [5, 5.41) is 51.4. The zero-order valence-electron chi connectivity index (χ0n) is 40.2. The van der Waals surface area contributed by atoms with Gasteiger partial charge in [0.2, 0.25) is 29.5 Å². The molecule has 4 heterocycles. The maximum Gasteiger partial charge on any atom is 0.271 e. The first-order valence-electron chi connectivity index (χ1n) is 22.3. The standard InChI is InChI=1S/C42H61ClN16O10S3/c1-17-27(56-36(59-34(17)46)22(12-25(45)61)51-13-21(44)35(47)64)40(68)58-29(32(63)23-14-48-16-52-23)41(69)53-19(3)31(62)18(2)37(65)57-28(20(4)60)39(67)50-10-8-26-55-30(33(43)71-26)42-54-24(15-70-42)38(66)49-9-7-11-72(5)6/h14-16,18-22,28-29,31-32,51,60,62-63H,7-13,44H2,1-6H3,(H11-,45,46,47,48,49,50,52,53,56,57,58,59,61,64,65,66,67,68,69)/p+1/t18-,19+,20+,21-,22-,28-,29-,31-,32-/m0/s1. The van der Waals surface area contributed by atoms with E-state index in [0.717, 1.165) is 23.5 Å². The molecule has 0 aliphatic carbocycles. The number of H-pyrrole nitrogens is 1. The van der Waals surface area contributed by atoms with Crippen molar-refractivity contribution in [3.8, 4) is 10.7 Å². The number of carbonyl (C=O) groups is 7. The van der Waals surface area contributed by atoms with Gasteiger partial charge in [-0.25, -0.2) is 24.9 Å². The highest BCUT2D eigenvalue weighted by molar-refractivity contribution is 7.95. The van der Waals surface area contributed by atoms with Crippen LogP contribution in [-0.2, 0) is 41.3 Å². The molecule has 0 aliphatic heterocycles. The number of aliphatic hydroxyl groups is 3. The molecule has 0 unspecified atom stereocenters. The molecular formula is C42H62ClN16O10S3+. The van der Waals surface area contributed by atoms with Crippen LogP contribution >= 0.6 is 34.3 Å². The molecule has 0 bridgehead atoms. The summed E-state index contributed by atoms with van der Waals surface area (Å²) in [7, 11) is 0.278. The van der Waals surface area contributed by atoms with Gasteiger partial charge in [0.15, 0.2) is 0 Å². The van der Waals surface area contributed by atoms with Crippen LogP contribution in [0.2, 0.25) is 4.34 Å². The van der Waals surface area contributed by atoms with Crippen LogP contribution < -0.4 is 54.8 Å². The van der Waals surface area contributed by atoms with Crippen molar-refractivity contribution in [2.75, 3.05) is 43.6 Å². The predicted octanol–water partition coefficient (Wildman–Crippen LogP) is -2.80. The van der Waals surface area contributed by atoms with Crippen molar-refractivity contribution in [2.45, 2.75) is 95.5 Å². The van der Waals surface area contributed by atoms with Crippen LogP contribution in [0.25, 0.3) is 10.7 Å². The number of nitrogen functional groups attached to an aromatic ring is 1. The summed E-state index contributed by atoms with van der Waals surface area (Å²) in [6.45, 7) is 5.67. The first kappa shape index (κ1) is 58.6. The number of aliphatic hydroxyl groups excluding tert-OH is 3. The Labute approximate surface area is 429 Å². The number of rotatable bonds is 28. The molecule has 72 heavy (non-hydrogen) atoms. The minimum Gasteiger partial charge on any atom is -0.391 e. The monoisotopic (exact) mass is 1080 g/mol. The number of aromatic amines is 1. The van der Waals surface area contributed by atoms with Crippen molar-refractivity contribution in [3.05, 3.63) is 55.7 Å². The number of halogens is 1. The molecule has 0 spiro atoms. The second kappa shape index (κ2) is 27.2. The topological polar surface area (TPSA) is 437 Å². The molecule has 7 amide bonds. The number of primary amides is 2. The quantitative estimate of drug-likeness (QED) is 0.0202. The average molecular weight is 1080 g/mol. The Morgan fingerprint density at radius 3 is 2.22 bits per heavy atom. The molecule has 30 heteroatoms. The SMILES string of the molecule is Cc1c(N)nc([C@H](CC(N)=O)NC[C@H](N)C(N)=O)nc1C(=O)N[C@H](C(=O)N[C@H](C)[C@@H](O)[C@H](C)C(=O)N[C@H](C(=O)NCCc1nc(-c2nc(C(=O)NCCC[S+](C)C)cs2)c(Cl)s1)[C@@H](C)O)[C@@H](O)c1cnc[nH]1. The first-order chi connectivity index (χ1) is 33.9. The minimum absolute atomic E-state index is 0.00493. The summed E-state index contributed by atoms with van der Waals surface area (Å²) in [5.41, 5.74) is 22.8. The van der Waals surface area contributed by atoms with E-state index in [-0.39, 0.29) is 70.6 Å². The van der Waals surface area contributed by atoms with Crippen LogP contribution in [0.3, 0.4) is 0 Å². The second-order valence-electron chi connectivity index (χ2n) is 16.9. The Kier molecular flexibility index (Phi) is 22.2. The number of hydrogen-bond acceptors (Lipinski definition) is 20. The number of carbonyl (C=O) groups excluding carboxylic acids is 7. The summed E-state index contributed by atoms with van der Waals surface area (Å²) >= 11 is 8.87. The van der Waals surface area contributed by atoms with E-state index >= 15 is 0 Å². The maximum atomic E-state index is 13.9. The van der Waals surface area contributed by atoms with Crippen molar-refractivity contribution in [3.63, 3.8) is 0 Å². The molecule has 0 saturated carbocycles. The van der Waals surface area contributed by atoms with Gasteiger partial charge in [-0.3, -0.25) is 33.6 Å². The van der Waals surface area contributed by atoms with Crippen molar-refractivity contribution in [1.82, 2.24) is 61.8 Å². The van der Waals surface area contributed by atoms with Gasteiger partial charge in [0.25, 0.3) is 11.8 Å². The van der Waals surface area contributed by atoms with Gasteiger partial charge in [-0.05, 0) is 31.7 Å². The predicted molar refractivity (Wildman–Crippen MR) is 270 cm³/mol. The zero-order valence-corrected chi connectivity index (χ0v) is 43.4. The van der Waals surface area contributed by atoms with Crippen LogP contribution in [0.1, 0.15) is 88.8 Å². The Morgan fingerprint density at radius 2 is 1.60 bits per heavy atom. The molecule has 26 nitrogen and oxygen atoms in total. The van der Waals surface area contributed by atoms with Gasteiger partial charge in [0.05, 0.1) is 72.0 Å². The number of nitrogens with two attached hydrogens (primary N) is 4. The summed E-state index contributed by atoms with van der Waals surface area (Å²) < 4.78 is 0.336. The molecule has 4 aromatic rings. The normalized spacial score (nSPS) is 15.2. The summed E-state index contributed by atoms with van der Waals surface area (Å²) in [6, 6.07) is -6.83. The highest BCUT2D eigenvalue weighted by Crippen LogP contribution is 2.34. The Balaban J connectivity index is 1.39. The van der Waals surface area contributed by atoms with Gasteiger partial charge in [-0.1, -0.05) is 18.5 Å².